The highest BCUT2D eigenvalue weighted by atomic mass is 15.5. The van der Waals surface area contributed by atoms with Crippen LogP contribution in [0.2, 0.25) is 0 Å². The van der Waals surface area contributed by atoms with Crippen LogP contribution in [0.15, 0.2) is 36.4 Å². The van der Waals surface area contributed by atoms with E-state index < -0.39 is 0 Å². The van der Waals surface area contributed by atoms with Gasteiger partial charge >= 0.3 is 0 Å². The summed E-state index contributed by atoms with van der Waals surface area (Å²) in [6, 6.07) is 15.0. The number of tetrazole rings is 1. The lowest BCUT2D eigenvalue weighted by molar-refractivity contribution is 0.881. The van der Waals surface area contributed by atoms with Gasteiger partial charge in [-0.15, -0.1) is 5.10 Å². The van der Waals surface area contributed by atoms with E-state index in [4.69, 9.17) is 0 Å². The van der Waals surface area contributed by atoms with Crippen LogP contribution in [0.5, 0.6) is 0 Å². The van der Waals surface area contributed by atoms with Gasteiger partial charge in [0.15, 0.2) is 5.82 Å². The number of aromatic nitrogens is 4. The van der Waals surface area contributed by atoms with Crippen LogP contribution in [-0.4, -0.2) is 20.6 Å². The van der Waals surface area contributed by atoms with E-state index >= 15 is 0 Å². The topological polar surface area (TPSA) is 54.5 Å². The van der Waals surface area contributed by atoms with Crippen molar-refractivity contribution < 1.29 is 0 Å². The number of nitrogens with one attached hydrogen (secondary N) is 1. The van der Waals surface area contributed by atoms with Crippen molar-refractivity contribution in [2.75, 3.05) is 0 Å². The Balaban J connectivity index is 2.36. The zero-order valence-electron chi connectivity index (χ0n) is 7.81. The van der Waals surface area contributed by atoms with Gasteiger partial charge in [0.05, 0.1) is 0 Å². The summed E-state index contributed by atoms with van der Waals surface area (Å²) >= 11 is 0. The number of H-pyrrole nitrogens is 1. The third-order valence-corrected chi connectivity index (χ3v) is 2.31. The number of rotatable bonds is 1. The maximum Gasteiger partial charge on any atom is 0.180 e. The van der Waals surface area contributed by atoms with Crippen molar-refractivity contribution in [2.24, 2.45) is 0 Å². The zero-order valence-corrected chi connectivity index (χ0v) is 7.81. The van der Waals surface area contributed by atoms with E-state index in [9.17, 15) is 0 Å². The first-order chi connectivity index (χ1) is 7.45. The van der Waals surface area contributed by atoms with Gasteiger partial charge < -0.3 is 0 Å². The van der Waals surface area contributed by atoms with Crippen molar-refractivity contribution in [1.82, 2.24) is 20.6 Å². The fourth-order valence-electron chi connectivity index (χ4n) is 1.63. The van der Waals surface area contributed by atoms with Crippen LogP contribution in [0.4, 0.5) is 0 Å². The second kappa shape index (κ2) is 3.16. The van der Waals surface area contributed by atoms with E-state index in [2.05, 4.69) is 26.7 Å². The average molecular weight is 195 g/mol. The lowest BCUT2D eigenvalue weighted by Gasteiger charge is -2.01. The predicted octanol–water partition coefficient (Wildman–Crippen LogP) is 1.82. The molecule has 0 unspecified atom stereocenters. The molecule has 15 heavy (non-hydrogen) atoms. The summed E-state index contributed by atoms with van der Waals surface area (Å²) in [5.41, 5.74) is 0.995. The van der Waals surface area contributed by atoms with Gasteiger partial charge in [0.1, 0.15) is 0 Å². The molecule has 0 aliphatic carbocycles. The molecule has 0 fully saturated rings. The number of hydrogen-bond acceptors (Lipinski definition) is 3. The molecule has 2 aromatic carbocycles. The normalized spacial score (nSPS) is 10.7. The summed E-state index contributed by atoms with van der Waals surface area (Å²) in [4.78, 5) is 0. The summed E-state index contributed by atoms with van der Waals surface area (Å²) in [5.74, 6) is 0.681. The molecule has 0 aliphatic heterocycles. The van der Waals surface area contributed by atoms with Crippen LogP contribution in [0.25, 0.3) is 22.2 Å². The van der Waals surface area contributed by atoms with E-state index in [-0.39, 0.29) is 0 Å². The first kappa shape index (κ1) is 8.11. The molecule has 0 amide bonds. The largest absolute Gasteiger partial charge is 0.239 e. The van der Waals surface area contributed by atoms with Gasteiger partial charge in [-0.05, 0) is 33.3 Å². The Morgan fingerprint density at radius 3 is 2.93 bits per heavy atom. The van der Waals surface area contributed by atoms with E-state index in [1.807, 2.05) is 36.4 Å². The first-order valence-electron chi connectivity index (χ1n) is 4.59. The van der Waals surface area contributed by atoms with Crippen molar-refractivity contribution >= 4 is 10.8 Å². The fraction of sp³-hybridized carbons (Fsp3) is 0. The third-order valence-electron chi connectivity index (χ3n) is 2.31. The van der Waals surface area contributed by atoms with Crippen LogP contribution < -0.4 is 0 Å². The fourth-order valence-corrected chi connectivity index (χ4v) is 1.63. The van der Waals surface area contributed by atoms with Crippen LogP contribution >= 0.6 is 0 Å². The molecule has 1 heterocycles. The van der Waals surface area contributed by atoms with Crippen molar-refractivity contribution in [3.05, 3.63) is 42.5 Å². The minimum absolute atomic E-state index is 0.681. The van der Waals surface area contributed by atoms with Crippen LogP contribution in [0.1, 0.15) is 0 Å². The van der Waals surface area contributed by atoms with Crippen molar-refractivity contribution in [2.45, 2.75) is 0 Å². The highest BCUT2D eigenvalue weighted by Crippen LogP contribution is 2.24. The van der Waals surface area contributed by atoms with E-state index in [1.165, 1.54) is 0 Å². The summed E-state index contributed by atoms with van der Waals surface area (Å²) < 4.78 is 0. The molecule has 3 rings (SSSR count). The number of benzene rings is 2. The summed E-state index contributed by atoms with van der Waals surface area (Å²) in [5, 5.41) is 16.0. The second-order valence-electron chi connectivity index (χ2n) is 3.19. The minimum Gasteiger partial charge on any atom is -0.239 e. The monoisotopic (exact) mass is 195 g/mol. The Morgan fingerprint density at radius 2 is 2.07 bits per heavy atom. The standard InChI is InChI=1S/C11H7N4/c1-2-6-9-8(4-1)5-3-7-10(9)11-12-14-15-13-11/h1-4,6-7H,(H,12,13,14,15). The molecule has 0 spiro atoms. The van der Waals surface area contributed by atoms with Crippen molar-refractivity contribution in [3.63, 3.8) is 0 Å². The predicted molar refractivity (Wildman–Crippen MR) is 56.0 cm³/mol. The highest BCUT2D eigenvalue weighted by molar-refractivity contribution is 5.94. The molecular formula is C11H7N4. The van der Waals surface area contributed by atoms with Gasteiger partial charge in [-0.3, -0.25) is 0 Å². The lowest BCUT2D eigenvalue weighted by Crippen LogP contribution is -1.83. The van der Waals surface area contributed by atoms with Crippen molar-refractivity contribution in [1.29, 1.82) is 0 Å². The molecule has 1 N–H and O–H groups in total. The van der Waals surface area contributed by atoms with Crippen molar-refractivity contribution in [3.8, 4) is 11.4 Å². The van der Waals surface area contributed by atoms with Gasteiger partial charge in [-0.25, -0.2) is 5.10 Å². The van der Waals surface area contributed by atoms with Gasteiger partial charge in [-0.1, -0.05) is 30.3 Å². The number of nitrogens with zero attached hydrogens (tertiary/aromatic N) is 3. The summed E-state index contributed by atoms with van der Waals surface area (Å²) in [6.45, 7) is 0. The van der Waals surface area contributed by atoms with Gasteiger partial charge in [0.2, 0.25) is 0 Å². The second-order valence-corrected chi connectivity index (χ2v) is 3.19. The van der Waals surface area contributed by atoms with Gasteiger partial charge in [-0.2, -0.15) is 0 Å². The maximum absolute atomic E-state index is 3.91. The highest BCUT2D eigenvalue weighted by Gasteiger charge is 2.05. The zero-order chi connectivity index (χ0) is 10.1. The Morgan fingerprint density at radius 1 is 1.13 bits per heavy atom. The number of aromatic amines is 1. The molecule has 0 saturated heterocycles. The molecular weight excluding hydrogens is 188 g/mol. The molecule has 4 heteroatoms. The third kappa shape index (κ3) is 1.27. The molecule has 0 atom stereocenters. The molecule has 0 saturated carbocycles. The van der Waals surface area contributed by atoms with Crippen LogP contribution in [0, 0.1) is 6.07 Å². The molecule has 0 aliphatic rings. The first-order valence-corrected chi connectivity index (χ1v) is 4.59. The number of fused-ring (bicyclic) bond motifs is 1. The van der Waals surface area contributed by atoms with E-state index in [1.54, 1.807) is 0 Å². The Labute approximate surface area is 85.9 Å². The van der Waals surface area contributed by atoms with E-state index in [0.717, 1.165) is 16.3 Å². The molecule has 1 radical (unpaired) electrons. The molecule has 3 aromatic rings. The lowest BCUT2D eigenvalue weighted by atomic mass is 10.0. The Hall–Kier alpha value is -2.23. The molecule has 71 valence electrons. The van der Waals surface area contributed by atoms with Crippen LogP contribution in [-0.2, 0) is 0 Å². The smallest absolute Gasteiger partial charge is 0.180 e. The molecule has 1 aromatic heterocycles. The Kier molecular flexibility index (Phi) is 1.71. The average Bonchev–Trinajstić information content (AvgIpc) is 2.82. The van der Waals surface area contributed by atoms with E-state index in [0.29, 0.717) is 5.82 Å². The molecule has 0 bridgehead atoms. The summed E-state index contributed by atoms with van der Waals surface area (Å²) in [7, 11) is 0. The van der Waals surface area contributed by atoms with Gasteiger partial charge in [0, 0.05) is 5.56 Å². The summed E-state index contributed by atoms with van der Waals surface area (Å²) in [6.07, 6.45) is 0. The molecule has 4 nitrogen and oxygen atoms in total. The van der Waals surface area contributed by atoms with Gasteiger partial charge in [0.25, 0.3) is 0 Å². The quantitative estimate of drug-likeness (QED) is 0.644. The van der Waals surface area contributed by atoms with Crippen LogP contribution in [0.3, 0.4) is 0 Å². The minimum atomic E-state index is 0.681. The SMILES string of the molecule is [c]1ccc(-c2nnn[nH]2)c2ccccc12. The Bertz CT molecular complexity index is 581. The maximum atomic E-state index is 3.91. The number of hydrogen-bond donors (Lipinski definition) is 1.